The van der Waals surface area contributed by atoms with Crippen molar-refractivity contribution in [2.75, 3.05) is 6.54 Å². The summed E-state index contributed by atoms with van der Waals surface area (Å²) in [7, 11) is 0. The van der Waals surface area contributed by atoms with Crippen LogP contribution in [0.1, 0.15) is 40.8 Å². The van der Waals surface area contributed by atoms with Gasteiger partial charge >= 0.3 is 0 Å². The van der Waals surface area contributed by atoms with Gasteiger partial charge in [0, 0.05) is 17.8 Å². The Balaban J connectivity index is 2.36. The molecule has 0 fully saturated rings. The summed E-state index contributed by atoms with van der Waals surface area (Å²) in [5, 5.41) is 3.39. The van der Waals surface area contributed by atoms with Gasteiger partial charge < -0.3 is 5.32 Å². The van der Waals surface area contributed by atoms with Crippen LogP contribution in [0.5, 0.6) is 0 Å². The predicted octanol–water partition coefficient (Wildman–Crippen LogP) is 4.04. The van der Waals surface area contributed by atoms with Gasteiger partial charge in [0.1, 0.15) is 5.82 Å². The first kappa shape index (κ1) is 15.6. The van der Waals surface area contributed by atoms with E-state index in [0.717, 1.165) is 13.0 Å². The Morgan fingerprint density at radius 3 is 2.43 bits per heavy atom. The lowest BCUT2D eigenvalue weighted by molar-refractivity contribution is 0.506. The van der Waals surface area contributed by atoms with E-state index < -0.39 is 0 Å². The number of benzene rings is 1. The Bertz CT molecular complexity index is 599. The molecule has 112 valence electrons. The topological polar surface area (TPSA) is 24.9 Å². The summed E-state index contributed by atoms with van der Waals surface area (Å²) in [5.74, 6) is -0.245. The highest BCUT2D eigenvalue weighted by molar-refractivity contribution is 5.39. The fourth-order valence-electron chi connectivity index (χ4n) is 2.94. The van der Waals surface area contributed by atoms with E-state index in [1.165, 1.54) is 28.5 Å². The molecule has 2 nitrogen and oxygen atoms in total. The molecule has 3 heteroatoms. The molecule has 0 aliphatic heterocycles. The van der Waals surface area contributed by atoms with Crippen LogP contribution in [-0.4, -0.2) is 11.5 Å². The van der Waals surface area contributed by atoms with Gasteiger partial charge in [-0.15, -0.1) is 0 Å². The van der Waals surface area contributed by atoms with Crippen molar-refractivity contribution in [2.24, 2.45) is 0 Å². The van der Waals surface area contributed by atoms with Crippen molar-refractivity contribution in [1.82, 2.24) is 10.3 Å². The molecule has 1 N–H and O–H groups in total. The van der Waals surface area contributed by atoms with Gasteiger partial charge in [0.05, 0.1) is 6.20 Å². The number of nitrogens with zero attached hydrogens (tertiary/aromatic N) is 1. The van der Waals surface area contributed by atoms with Crippen molar-refractivity contribution in [2.45, 2.75) is 40.2 Å². The van der Waals surface area contributed by atoms with E-state index in [2.05, 4.69) is 43.2 Å². The molecule has 2 rings (SSSR count). The zero-order chi connectivity index (χ0) is 15.4. The monoisotopic (exact) mass is 286 g/mol. The largest absolute Gasteiger partial charge is 0.310 e. The second-order valence-corrected chi connectivity index (χ2v) is 5.59. The Morgan fingerprint density at radius 1 is 1.19 bits per heavy atom. The van der Waals surface area contributed by atoms with E-state index in [1.807, 2.05) is 6.92 Å². The minimum atomic E-state index is -0.245. The molecule has 1 aromatic carbocycles. The van der Waals surface area contributed by atoms with Crippen molar-refractivity contribution >= 4 is 0 Å². The van der Waals surface area contributed by atoms with Crippen molar-refractivity contribution < 1.29 is 4.39 Å². The molecule has 0 bridgehead atoms. The molecule has 0 aliphatic rings. The Morgan fingerprint density at radius 2 is 1.86 bits per heavy atom. The van der Waals surface area contributed by atoms with Gasteiger partial charge in [-0.3, -0.25) is 4.98 Å². The Labute approximate surface area is 126 Å². The molecule has 1 unspecified atom stereocenters. The number of hydrogen-bond acceptors (Lipinski definition) is 2. The predicted molar refractivity (Wildman–Crippen MR) is 85.0 cm³/mol. The normalized spacial score (nSPS) is 12.4. The van der Waals surface area contributed by atoms with Gasteiger partial charge in [-0.1, -0.05) is 24.6 Å². The smallest absolute Gasteiger partial charge is 0.146 e. The van der Waals surface area contributed by atoms with E-state index in [0.29, 0.717) is 5.56 Å². The fraction of sp³-hybridized carbons (Fsp3) is 0.389. The van der Waals surface area contributed by atoms with Crippen LogP contribution in [0.4, 0.5) is 4.39 Å². The van der Waals surface area contributed by atoms with Crippen molar-refractivity contribution in [1.29, 1.82) is 0 Å². The lowest BCUT2D eigenvalue weighted by atomic mass is 9.92. The fourth-order valence-corrected chi connectivity index (χ4v) is 2.94. The number of pyridine rings is 1. The molecule has 0 spiro atoms. The van der Waals surface area contributed by atoms with Crippen molar-refractivity contribution in [3.63, 3.8) is 0 Å². The summed E-state index contributed by atoms with van der Waals surface area (Å²) < 4.78 is 14.0. The molecule has 1 heterocycles. The van der Waals surface area contributed by atoms with Crippen LogP contribution >= 0.6 is 0 Å². The summed E-state index contributed by atoms with van der Waals surface area (Å²) in [6.45, 7) is 9.20. The molecule has 1 atom stereocenters. The molecule has 0 aliphatic carbocycles. The average molecular weight is 286 g/mol. The third-order valence-corrected chi connectivity index (χ3v) is 3.88. The van der Waals surface area contributed by atoms with E-state index in [4.69, 9.17) is 0 Å². The summed E-state index contributed by atoms with van der Waals surface area (Å²) in [4.78, 5) is 3.84. The molecule has 1 aromatic heterocycles. The molecule has 0 amide bonds. The van der Waals surface area contributed by atoms with Crippen LogP contribution in [0.15, 0.2) is 30.6 Å². The highest BCUT2D eigenvalue weighted by Gasteiger charge is 2.17. The van der Waals surface area contributed by atoms with Gasteiger partial charge in [0.15, 0.2) is 0 Å². The maximum absolute atomic E-state index is 14.0. The summed E-state index contributed by atoms with van der Waals surface area (Å²) in [6, 6.07) is 6.11. The highest BCUT2D eigenvalue weighted by atomic mass is 19.1. The lowest BCUT2D eigenvalue weighted by Gasteiger charge is -2.21. The van der Waals surface area contributed by atoms with Crippen LogP contribution < -0.4 is 5.32 Å². The number of aromatic nitrogens is 1. The van der Waals surface area contributed by atoms with Gasteiger partial charge in [-0.25, -0.2) is 4.39 Å². The standard InChI is InChI=1S/C18H23FN2/c1-5-21-18(15-6-7-20-11-17(15)19)10-16-13(3)8-12(2)9-14(16)4/h6-9,11,18,21H,5,10H2,1-4H3. The van der Waals surface area contributed by atoms with Crippen LogP contribution in [0, 0.1) is 26.6 Å². The average Bonchev–Trinajstić information content (AvgIpc) is 2.42. The number of rotatable bonds is 5. The second-order valence-electron chi connectivity index (χ2n) is 5.59. The van der Waals surface area contributed by atoms with E-state index >= 15 is 0 Å². The van der Waals surface area contributed by atoms with Crippen molar-refractivity contribution in [3.05, 3.63) is 64.2 Å². The van der Waals surface area contributed by atoms with Crippen LogP contribution in [0.2, 0.25) is 0 Å². The Hall–Kier alpha value is -1.74. The summed E-state index contributed by atoms with van der Waals surface area (Å²) in [6.07, 6.45) is 3.72. The lowest BCUT2D eigenvalue weighted by Crippen LogP contribution is -2.24. The number of nitrogens with one attached hydrogen (secondary N) is 1. The third-order valence-electron chi connectivity index (χ3n) is 3.88. The first-order chi connectivity index (χ1) is 10.0. The first-order valence-corrected chi connectivity index (χ1v) is 7.42. The van der Waals surface area contributed by atoms with E-state index in [1.54, 1.807) is 12.3 Å². The summed E-state index contributed by atoms with van der Waals surface area (Å²) in [5.41, 5.74) is 5.78. The maximum Gasteiger partial charge on any atom is 0.146 e. The zero-order valence-electron chi connectivity index (χ0n) is 13.2. The second kappa shape index (κ2) is 6.81. The van der Waals surface area contributed by atoms with Gasteiger partial charge in [-0.05, 0) is 56.5 Å². The van der Waals surface area contributed by atoms with Gasteiger partial charge in [-0.2, -0.15) is 0 Å². The van der Waals surface area contributed by atoms with Crippen LogP contribution in [-0.2, 0) is 6.42 Å². The van der Waals surface area contributed by atoms with E-state index in [-0.39, 0.29) is 11.9 Å². The number of likely N-dealkylation sites (N-methyl/N-ethyl adjacent to an activating group) is 1. The summed E-state index contributed by atoms with van der Waals surface area (Å²) >= 11 is 0. The van der Waals surface area contributed by atoms with Gasteiger partial charge in [0.25, 0.3) is 0 Å². The molecule has 0 radical (unpaired) electrons. The highest BCUT2D eigenvalue weighted by Crippen LogP contribution is 2.25. The number of aryl methyl sites for hydroxylation is 3. The molecular formula is C18H23FN2. The molecule has 2 aromatic rings. The number of halogens is 1. The molecule has 21 heavy (non-hydrogen) atoms. The minimum absolute atomic E-state index is 0.0295. The van der Waals surface area contributed by atoms with Crippen LogP contribution in [0.3, 0.4) is 0 Å². The van der Waals surface area contributed by atoms with E-state index in [9.17, 15) is 4.39 Å². The first-order valence-electron chi connectivity index (χ1n) is 7.42. The van der Waals surface area contributed by atoms with Crippen LogP contribution in [0.25, 0.3) is 0 Å². The maximum atomic E-state index is 14.0. The van der Waals surface area contributed by atoms with Gasteiger partial charge in [0.2, 0.25) is 0 Å². The number of hydrogen-bond donors (Lipinski definition) is 1. The minimum Gasteiger partial charge on any atom is -0.310 e. The SMILES string of the molecule is CCNC(Cc1c(C)cc(C)cc1C)c1ccncc1F. The third kappa shape index (κ3) is 3.67. The molecule has 0 saturated heterocycles. The quantitative estimate of drug-likeness (QED) is 0.897. The van der Waals surface area contributed by atoms with Crippen molar-refractivity contribution in [3.8, 4) is 0 Å². The molecule has 0 saturated carbocycles. The molecular weight excluding hydrogens is 263 g/mol. The zero-order valence-corrected chi connectivity index (χ0v) is 13.2. The Kier molecular flexibility index (Phi) is 5.07.